The molecule has 0 aromatic heterocycles. The molecule has 0 spiro atoms. The molecule has 19 heavy (non-hydrogen) atoms. The number of benzene rings is 1. The second kappa shape index (κ2) is 3.77. The molecule has 2 aliphatic carbocycles. The Morgan fingerprint density at radius 3 is 2.37 bits per heavy atom. The molecule has 0 unspecified atom stereocenters. The molecule has 2 saturated carbocycles. The summed E-state index contributed by atoms with van der Waals surface area (Å²) in [5.74, 6) is 1.89. The van der Waals surface area contributed by atoms with E-state index in [1.54, 1.807) is 0 Å². The Balaban J connectivity index is 2.11. The monoisotopic (exact) mass is 258 g/mol. The normalized spacial score (nSPS) is 35.8. The minimum absolute atomic E-state index is 0.343. The summed E-state index contributed by atoms with van der Waals surface area (Å²) in [7, 11) is 0. The Morgan fingerprint density at radius 2 is 1.84 bits per heavy atom. The van der Waals surface area contributed by atoms with E-state index in [1.165, 1.54) is 30.4 Å². The molecule has 0 saturated heterocycles. The molecule has 1 heteroatoms. The summed E-state index contributed by atoms with van der Waals surface area (Å²) in [4.78, 5) is 0. The van der Waals surface area contributed by atoms with Gasteiger partial charge in [0.05, 0.1) is 0 Å². The zero-order valence-electron chi connectivity index (χ0n) is 12.9. The Morgan fingerprint density at radius 1 is 1.16 bits per heavy atom. The molecule has 2 bridgehead atoms. The van der Waals surface area contributed by atoms with Crippen LogP contribution in [0.4, 0.5) is 0 Å². The molecule has 1 N–H and O–H groups in total. The van der Waals surface area contributed by atoms with Crippen LogP contribution in [-0.4, -0.2) is 5.11 Å². The number of hydrogen-bond acceptors (Lipinski definition) is 1. The lowest BCUT2D eigenvalue weighted by Crippen LogP contribution is -2.31. The number of phenols is 1. The first kappa shape index (κ1) is 13.0. The van der Waals surface area contributed by atoms with Crippen LogP contribution in [0.15, 0.2) is 12.1 Å². The topological polar surface area (TPSA) is 20.2 Å². The maximum Gasteiger partial charge on any atom is 0.121 e. The molecular formula is C18H26O. The summed E-state index contributed by atoms with van der Waals surface area (Å²) in [5, 5.41) is 10.5. The van der Waals surface area contributed by atoms with Gasteiger partial charge in [-0.25, -0.2) is 0 Å². The van der Waals surface area contributed by atoms with Crippen LogP contribution >= 0.6 is 0 Å². The van der Waals surface area contributed by atoms with Crippen molar-refractivity contribution in [1.82, 2.24) is 0 Å². The van der Waals surface area contributed by atoms with Crippen molar-refractivity contribution < 1.29 is 5.11 Å². The van der Waals surface area contributed by atoms with E-state index in [0.29, 0.717) is 22.5 Å². The zero-order chi connectivity index (χ0) is 14.0. The summed E-state index contributed by atoms with van der Waals surface area (Å²) in [6.45, 7) is 11.5. The quantitative estimate of drug-likeness (QED) is 0.756. The van der Waals surface area contributed by atoms with Gasteiger partial charge in [-0.1, -0.05) is 38.5 Å². The molecule has 3 atom stereocenters. The molecular weight excluding hydrogens is 232 g/mol. The number of hydrogen-bond donors (Lipinski definition) is 1. The molecule has 0 amide bonds. The number of aromatic hydroxyl groups is 1. The molecule has 0 heterocycles. The van der Waals surface area contributed by atoms with Gasteiger partial charge in [-0.05, 0) is 66.9 Å². The molecule has 0 radical (unpaired) electrons. The van der Waals surface area contributed by atoms with Crippen LogP contribution in [0.5, 0.6) is 5.75 Å². The van der Waals surface area contributed by atoms with Gasteiger partial charge in [0, 0.05) is 0 Å². The fourth-order valence-electron chi connectivity index (χ4n) is 4.93. The number of fused-ring (bicyclic) bond motifs is 2. The van der Waals surface area contributed by atoms with E-state index in [-0.39, 0.29) is 0 Å². The third-order valence-electron chi connectivity index (χ3n) is 6.64. The summed E-state index contributed by atoms with van der Waals surface area (Å²) in [6.07, 6.45) is 3.92. The third kappa shape index (κ3) is 1.53. The molecule has 1 aromatic rings. The first-order valence-corrected chi connectivity index (χ1v) is 7.57. The van der Waals surface area contributed by atoms with Gasteiger partial charge in [0.25, 0.3) is 0 Å². The van der Waals surface area contributed by atoms with E-state index < -0.39 is 0 Å². The van der Waals surface area contributed by atoms with Gasteiger partial charge in [0.2, 0.25) is 0 Å². The maximum absolute atomic E-state index is 10.5. The van der Waals surface area contributed by atoms with E-state index in [1.807, 2.05) is 6.92 Å². The number of rotatable bonds is 1. The Bertz CT molecular complexity index is 529. The predicted octanol–water partition coefficient (Wildman–Crippen LogP) is 4.94. The second-order valence-electron chi connectivity index (χ2n) is 7.68. The SMILES string of the molecule is Cc1cc(C)c(O)c([C@@H]2C[C@@H]3CC[C@@]2(C)C3(C)C)c1. The first-order valence-electron chi connectivity index (χ1n) is 7.57. The lowest BCUT2D eigenvalue weighted by atomic mass is 9.64. The van der Waals surface area contributed by atoms with Gasteiger partial charge >= 0.3 is 0 Å². The summed E-state index contributed by atoms with van der Waals surface area (Å²) in [6, 6.07) is 4.30. The third-order valence-corrected chi connectivity index (χ3v) is 6.64. The van der Waals surface area contributed by atoms with Gasteiger partial charge in [-0.2, -0.15) is 0 Å². The van der Waals surface area contributed by atoms with E-state index in [9.17, 15) is 5.11 Å². The van der Waals surface area contributed by atoms with Crippen LogP contribution in [0.1, 0.15) is 62.6 Å². The molecule has 1 nitrogen and oxygen atoms in total. The van der Waals surface area contributed by atoms with Crippen molar-refractivity contribution in [2.45, 2.75) is 59.8 Å². The van der Waals surface area contributed by atoms with Crippen molar-refractivity contribution in [1.29, 1.82) is 0 Å². The lowest BCUT2D eigenvalue weighted by Gasteiger charge is -2.40. The van der Waals surface area contributed by atoms with Crippen LogP contribution in [0.3, 0.4) is 0 Å². The van der Waals surface area contributed by atoms with Gasteiger partial charge < -0.3 is 5.11 Å². The van der Waals surface area contributed by atoms with Crippen LogP contribution in [-0.2, 0) is 0 Å². The minimum atomic E-state index is 0.343. The lowest BCUT2D eigenvalue weighted by molar-refractivity contribution is 0.133. The van der Waals surface area contributed by atoms with Gasteiger partial charge in [0.15, 0.2) is 0 Å². The zero-order valence-corrected chi connectivity index (χ0v) is 12.9. The Kier molecular flexibility index (Phi) is 2.59. The average molecular weight is 258 g/mol. The van der Waals surface area contributed by atoms with Gasteiger partial charge in [-0.15, -0.1) is 0 Å². The highest BCUT2D eigenvalue weighted by Gasteiger charge is 2.61. The van der Waals surface area contributed by atoms with Crippen molar-refractivity contribution in [2.24, 2.45) is 16.7 Å². The van der Waals surface area contributed by atoms with E-state index in [4.69, 9.17) is 0 Å². The summed E-state index contributed by atoms with van der Waals surface area (Å²) < 4.78 is 0. The Hall–Kier alpha value is -0.980. The Labute approximate surface area is 117 Å². The number of phenolic OH excluding ortho intramolecular Hbond substituents is 1. The van der Waals surface area contributed by atoms with Crippen LogP contribution in [0.25, 0.3) is 0 Å². The van der Waals surface area contributed by atoms with Gasteiger partial charge in [0.1, 0.15) is 5.75 Å². The minimum Gasteiger partial charge on any atom is -0.507 e. The predicted molar refractivity (Wildman–Crippen MR) is 79.6 cm³/mol. The molecule has 3 rings (SSSR count). The fraction of sp³-hybridized carbons (Fsp3) is 0.667. The van der Waals surface area contributed by atoms with Crippen LogP contribution in [0, 0.1) is 30.6 Å². The molecule has 1 aromatic carbocycles. The molecule has 0 aliphatic heterocycles. The fourth-order valence-corrected chi connectivity index (χ4v) is 4.93. The van der Waals surface area contributed by atoms with Crippen LogP contribution in [0.2, 0.25) is 0 Å². The smallest absolute Gasteiger partial charge is 0.121 e. The maximum atomic E-state index is 10.5. The summed E-state index contributed by atoms with van der Waals surface area (Å²) >= 11 is 0. The molecule has 2 fully saturated rings. The van der Waals surface area contributed by atoms with E-state index >= 15 is 0 Å². The average Bonchev–Trinajstić information content (AvgIpc) is 2.66. The van der Waals surface area contributed by atoms with Crippen molar-refractivity contribution in [2.75, 3.05) is 0 Å². The van der Waals surface area contributed by atoms with E-state index in [0.717, 1.165) is 11.5 Å². The van der Waals surface area contributed by atoms with E-state index in [2.05, 4.69) is 39.8 Å². The van der Waals surface area contributed by atoms with Gasteiger partial charge in [-0.3, -0.25) is 0 Å². The largest absolute Gasteiger partial charge is 0.507 e. The highest BCUT2D eigenvalue weighted by Crippen LogP contribution is 2.71. The highest BCUT2D eigenvalue weighted by atomic mass is 16.3. The molecule has 104 valence electrons. The standard InChI is InChI=1S/C18H26O/c1-11-8-12(2)16(19)14(9-11)15-10-13-6-7-18(15,5)17(13,3)4/h8-9,13,15,19H,6-7,10H2,1-5H3/t13-,15-,18+/m0/s1. The highest BCUT2D eigenvalue weighted by molar-refractivity contribution is 5.46. The second-order valence-corrected chi connectivity index (χ2v) is 7.68. The number of aryl methyl sites for hydroxylation is 2. The van der Waals surface area contributed by atoms with Crippen molar-refractivity contribution >= 4 is 0 Å². The van der Waals surface area contributed by atoms with Crippen molar-refractivity contribution in [3.05, 3.63) is 28.8 Å². The van der Waals surface area contributed by atoms with Crippen LogP contribution < -0.4 is 0 Å². The van der Waals surface area contributed by atoms with Crippen molar-refractivity contribution in [3.63, 3.8) is 0 Å². The summed E-state index contributed by atoms with van der Waals surface area (Å²) in [5.41, 5.74) is 4.25. The first-order chi connectivity index (χ1) is 8.77. The van der Waals surface area contributed by atoms with Crippen molar-refractivity contribution in [3.8, 4) is 5.75 Å². The molecule has 2 aliphatic rings.